The van der Waals surface area contributed by atoms with Gasteiger partial charge in [-0.25, -0.2) is 4.98 Å². The van der Waals surface area contributed by atoms with Crippen LogP contribution in [0.25, 0.3) is 5.65 Å². The highest BCUT2D eigenvalue weighted by atomic mass is 35.5. The smallest absolute Gasteiger partial charge is 0.275 e. The molecule has 0 saturated heterocycles. The third-order valence-corrected chi connectivity index (χ3v) is 2.44. The highest BCUT2D eigenvalue weighted by Crippen LogP contribution is 2.18. The molecule has 4 nitrogen and oxygen atoms in total. The van der Waals surface area contributed by atoms with Crippen LogP contribution in [-0.4, -0.2) is 34.3 Å². The Morgan fingerprint density at radius 3 is 2.80 bits per heavy atom. The first-order valence-corrected chi connectivity index (χ1v) is 4.83. The second-order valence-corrected chi connectivity index (χ2v) is 3.74. The Kier molecular flexibility index (Phi) is 2.36. The molecule has 15 heavy (non-hydrogen) atoms. The predicted octanol–water partition coefficient (Wildman–Crippen LogP) is 1.69. The van der Waals surface area contributed by atoms with Gasteiger partial charge in [0.15, 0.2) is 5.69 Å². The van der Waals surface area contributed by atoms with Crippen LogP contribution < -0.4 is 0 Å². The van der Waals surface area contributed by atoms with Crippen molar-refractivity contribution >= 4 is 23.2 Å². The molecule has 0 N–H and O–H groups in total. The van der Waals surface area contributed by atoms with Crippen LogP contribution in [0.4, 0.5) is 0 Å². The van der Waals surface area contributed by atoms with Gasteiger partial charge >= 0.3 is 0 Å². The fraction of sp³-hybridized carbons (Fsp3) is 0.200. The second-order valence-electron chi connectivity index (χ2n) is 3.38. The molecular weight excluding hydrogens is 214 g/mol. The minimum Gasteiger partial charge on any atom is -0.343 e. The minimum absolute atomic E-state index is 0.191. The number of carbonyl (C=O) groups excluding carboxylic acids is 1. The Morgan fingerprint density at radius 2 is 2.20 bits per heavy atom. The maximum Gasteiger partial charge on any atom is 0.275 e. The first-order chi connectivity index (χ1) is 7.11. The number of amides is 1. The van der Waals surface area contributed by atoms with Crippen LogP contribution >= 0.6 is 11.6 Å². The van der Waals surface area contributed by atoms with E-state index in [1.54, 1.807) is 30.8 Å². The van der Waals surface area contributed by atoms with E-state index in [9.17, 15) is 4.79 Å². The molecular formula is C10H10ClN3O. The van der Waals surface area contributed by atoms with Gasteiger partial charge in [0.1, 0.15) is 10.8 Å². The molecule has 0 unspecified atom stereocenters. The lowest BCUT2D eigenvalue weighted by Gasteiger charge is -2.07. The molecule has 0 aliphatic carbocycles. The van der Waals surface area contributed by atoms with Gasteiger partial charge in [-0.1, -0.05) is 17.7 Å². The summed E-state index contributed by atoms with van der Waals surface area (Å²) in [5.41, 5.74) is 0.959. The van der Waals surface area contributed by atoms with Crippen LogP contribution in [0.15, 0.2) is 24.4 Å². The molecule has 0 atom stereocenters. The molecule has 1 amide bonds. The summed E-state index contributed by atoms with van der Waals surface area (Å²) in [6, 6.07) is 5.49. The number of imidazole rings is 1. The molecule has 0 aromatic carbocycles. The third kappa shape index (κ3) is 1.57. The quantitative estimate of drug-likeness (QED) is 0.738. The molecule has 2 rings (SSSR count). The van der Waals surface area contributed by atoms with Crippen LogP contribution in [-0.2, 0) is 0 Å². The lowest BCUT2D eigenvalue weighted by Crippen LogP contribution is -2.22. The first kappa shape index (κ1) is 9.98. The van der Waals surface area contributed by atoms with Gasteiger partial charge in [-0.3, -0.25) is 9.20 Å². The number of pyridine rings is 1. The summed E-state index contributed by atoms with van der Waals surface area (Å²) < 4.78 is 1.68. The standard InChI is InChI=1S/C10H10ClN3O/c1-13(2)10(15)8-9(11)14-6-4-3-5-7(14)12-8/h3-6H,1-2H3. The van der Waals surface area contributed by atoms with Gasteiger partial charge in [0, 0.05) is 20.3 Å². The van der Waals surface area contributed by atoms with E-state index < -0.39 is 0 Å². The average molecular weight is 224 g/mol. The van der Waals surface area contributed by atoms with E-state index in [0.29, 0.717) is 10.8 Å². The molecule has 0 spiro atoms. The zero-order valence-corrected chi connectivity index (χ0v) is 9.19. The van der Waals surface area contributed by atoms with E-state index in [4.69, 9.17) is 11.6 Å². The van der Waals surface area contributed by atoms with Gasteiger partial charge < -0.3 is 4.90 Å². The SMILES string of the molecule is CN(C)C(=O)c1nc2ccccn2c1Cl. The molecule has 0 radical (unpaired) electrons. The van der Waals surface area contributed by atoms with E-state index in [1.807, 2.05) is 12.1 Å². The van der Waals surface area contributed by atoms with Crippen LogP contribution in [0.2, 0.25) is 5.15 Å². The van der Waals surface area contributed by atoms with E-state index >= 15 is 0 Å². The highest BCUT2D eigenvalue weighted by molar-refractivity contribution is 6.32. The molecule has 5 heteroatoms. The van der Waals surface area contributed by atoms with Crippen molar-refractivity contribution in [3.05, 3.63) is 35.2 Å². The Hall–Kier alpha value is -1.55. The van der Waals surface area contributed by atoms with Crippen molar-refractivity contribution in [2.45, 2.75) is 0 Å². The average Bonchev–Trinajstić information content (AvgIpc) is 2.56. The van der Waals surface area contributed by atoms with Crippen LogP contribution in [0, 0.1) is 0 Å². The normalized spacial score (nSPS) is 10.6. The van der Waals surface area contributed by atoms with Crippen molar-refractivity contribution in [2.24, 2.45) is 0 Å². The van der Waals surface area contributed by atoms with Gasteiger partial charge in [-0.2, -0.15) is 0 Å². The Balaban J connectivity index is 2.63. The maximum absolute atomic E-state index is 11.7. The van der Waals surface area contributed by atoms with Crippen molar-refractivity contribution < 1.29 is 4.79 Å². The number of hydrogen-bond acceptors (Lipinski definition) is 2. The fourth-order valence-electron chi connectivity index (χ4n) is 1.31. The Bertz CT molecular complexity index is 518. The third-order valence-electron chi connectivity index (χ3n) is 2.08. The zero-order valence-electron chi connectivity index (χ0n) is 8.44. The monoisotopic (exact) mass is 223 g/mol. The number of aromatic nitrogens is 2. The first-order valence-electron chi connectivity index (χ1n) is 4.45. The Morgan fingerprint density at radius 1 is 1.47 bits per heavy atom. The number of rotatable bonds is 1. The van der Waals surface area contributed by atoms with Gasteiger partial charge in [-0.05, 0) is 12.1 Å². The summed E-state index contributed by atoms with van der Waals surface area (Å²) in [7, 11) is 3.34. The lowest BCUT2D eigenvalue weighted by molar-refractivity contribution is 0.0823. The maximum atomic E-state index is 11.7. The van der Waals surface area contributed by atoms with E-state index in [1.165, 1.54) is 4.90 Å². The van der Waals surface area contributed by atoms with E-state index in [-0.39, 0.29) is 11.6 Å². The Labute approximate surface area is 92.1 Å². The number of fused-ring (bicyclic) bond motifs is 1. The van der Waals surface area contributed by atoms with Crippen LogP contribution in [0.5, 0.6) is 0 Å². The summed E-state index contributed by atoms with van der Waals surface area (Å²) in [5, 5.41) is 0.351. The number of carbonyl (C=O) groups is 1. The number of halogens is 1. The second kappa shape index (κ2) is 3.55. The van der Waals surface area contributed by atoms with Crippen molar-refractivity contribution in [2.75, 3.05) is 14.1 Å². The topological polar surface area (TPSA) is 37.6 Å². The molecule has 0 aliphatic heterocycles. The summed E-state index contributed by atoms with van der Waals surface area (Å²) in [4.78, 5) is 17.3. The summed E-state index contributed by atoms with van der Waals surface area (Å²) >= 11 is 6.05. The highest BCUT2D eigenvalue weighted by Gasteiger charge is 2.18. The molecule has 2 aromatic rings. The molecule has 2 heterocycles. The minimum atomic E-state index is -0.191. The van der Waals surface area contributed by atoms with E-state index in [0.717, 1.165) is 0 Å². The predicted molar refractivity (Wildman–Crippen MR) is 58.2 cm³/mol. The van der Waals surface area contributed by atoms with Gasteiger partial charge in [0.25, 0.3) is 5.91 Å². The number of hydrogen-bond donors (Lipinski definition) is 0. The molecule has 0 aliphatic rings. The summed E-state index contributed by atoms with van der Waals surface area (Å²) in [6.45, 7) is 0. The van der Waals surface area contributed by atoms with Gasteiger partial charge in [-0.15, -0.1) is 0 Å². The molecule has 0 saturated carbocycles. The van der Waals surface area contributed by atoms with Crippen LogP contribution in [0.1, 0.15) is 10.5 Å². The lowest BCUT2D eigenvalue weighted by atomic mass is 10.4. The largest absolute Gasteiger partial charge is 0.343 e. The molecule has 0 bridgehead atoms. The van der Waals surface area contributed by atoms with E-state index in [2.05, 4.69) is 4.98 Å². The van der Waals surface area contributed by atoms with Crippen molar-refractivity contribution in [1.82, 2.24) is 14.3 Å². The molecule has 78 valence electrons. The summed E-state index contributed by atoms with van der Waals surface area (Å²) in [5.74, 6) is -0.191. The van der Waals surface area contributed by atoms with Crippen LogP contribution in [0.3, 0.4) is 0 Å². The molecule has 0 fully saturated rings. The van der Waals surface area contributed by atoms with Gasteiger partial charge in [0.05, 0.1) is 0 Å². The van der Waals surface area contributed by atoms with Crippen molar-refractivity contribution in [1.29, 1.82) is 0 Å². The fourth-order valence-corrected chi connectivity index (χ4v) is 1.58. The van der Waals surface area contributed by atoms with Crippen molar-refractivity contribution in [3.8, 4) is 0 Å². The summed E-state index contributed by atoms with van der Waals surface area (Å²) in [6.07, 6.45) is 1.77. The zero-order chi connectivity index (χ0) is 11.0. The van der Waals surface area contributed by atoms with Gasteiger partial charge in [0.2, 0.25) is 0 Å². The number of nitrogens with zero attached hydrogens (tertiary/aromatic N) is 3. The molecule has 2 aromatic heterocycles. The van der Waals surface area contributed by atoms with Crippen molar-refractivity contribution in [3.63, 3.8) is 0 Å².